The number of hydrogen-bond donors (Lipinski definition) is 1. The SMILES string of the molecule is Cc1ccc(N(C)S(=O)(=O)c2cccc(C(=O)OCC(=O)NC3CC3)c2)cc1. The van der Waals surface area contributed by atoms with E-state index in [9.17, 15) is 18.0 Å². The first-order valence-corrected chi connectivity index (χ1v) is 10.3. The Bertz CT molecular complexity index is 982. The van der Waals surface area contributed by atoms with Crippen LogP contribution in [0, 0.1) is 6.92 Å². The van der Waals surface area contributed by atoms with E-state index in [4.69, 9.17) is 4.74 Å². The van der Waals surface area contributed by atoms with Crippen LogP contribution in [0.5, 0.6) is 0 Å². The van der Waals surface area contributed by atoms with Crippen molar-refractivity contribution in [2.45, 2.75) is 30.7 Å². The van der Waals surface area contributed by atoms with E-state index in [1.54, 1.807) is 12.1 Å². The monoisotopic (exact) mass is 402 g/mol. The van der Waals surface area contributed by atoms with Crippen LogP contribution in [0.4, 0.5) is 5.69 Å². The van der Waals surface area contributed by atoms with Crippen LogP contribution >= 0.6 is 0 Å². The van der Waals surface area contributed by atoms with Crippen LogP contribution in [0.2, 0.25) is 0 Å². The average Bonchev–Trinajstić information content (AvgIpc) is 3.50. The molecule has 8 heteroatoms. The number of benzene rings is 2. The van der Waals surface area contributed by atoms with Gasteiger partial charge in [0.05, 0.1) is 16.1 Å². The number of nitrogens with zero attached hydrogens (tertiary/aromatic N) is 1. The molecule has 0 atom stereocenters. The summed E-state index contributed by atoms with van der Waals surface area (Å²) in [5.74, 6) is -1.11. The number of esters is 1. The van der Waals surface area contributed by atoms with Gasteiger partial charge in [0, 0.05) is 13.1 Å². The molecule has 0 aliphatic heterocycles. The molecule has 0 heterocycles. The molecule has 148 valence electrons. The Morgan fingerprint density at radius 2 is 1.82 bits per heavy atom. The van der Waals surface area contributed by atoms with Crippen LogP contribution in [-0.4, -0.2) is 40.0 Å². The van der Waals surface area contributed by atoms with Gasteiger partial charge in [-0.15, -0.1) is 0 Å². The lowest BCUT2D eigenvalue weighted by molar-refractivity contribution is -0.124. The summed E-state index contributed by atoms with van der Waals surface area (Å²) in [4.78, 5) is 23.8. The minimum absolute atomic E-state index is 0.0348. The normalized spacial score (nSPS) is 13.6. The van der Waals surface area contributed by atoms with Crippen molar-refractivity contribution in [3.8, 4) is 0 Å². The Hall–Kier alpha value is -2.87. The Morgan fingerprint density at radius 3 is 2.46 bits per heavy atom. The van der Waals surface area contributed by atoms with Gasteiger partial charge in [-0.2, -0.15) is 0 Å². The summed E-state index contributed by atoms with van der Waals surface area (Å²) in [5, 5.41) is 2.71. The molecule has 0 bridgehead atoms. The van der Waals surface area contributed by atoms with Crippen LogP contribution in [0.1, 0.15) is 28.8 Å². The van der Waals surface area contributed by atoms with Gasteiger partial charge >= 0.3 is 5.97 Å². The van der Waals surface area contributed by atoms with E-state index in [0.29, 0.717) is 5.69 Å². The molecule has 1 aliphatic carbocycles. The third-order valence-corrected chi connectivity index (χ3v) is 6.18. The minimum atomic E-state index is -3.85. The Balaban J connectivity index is 1.72. The van der Waals surface area contributed by atoms with E-state index in [0.717, 1.165) is 22.7 Å². The maximum atomic E-state index is 12.9. The summed E-state index contributed by atoms with van der Waals surface area (Å²) in [6, 6.07) is 12.8. The number of amides is 1. The maximum absolute atomic E-state index is 12.9. The van der Waals surface area contributed by atoms with Crippen molar-refractivity contribution in [1.82, 2.24) is 5.32 Å². The van der Waals surface area contributed by atoms with E-state index >= 15 is 0 Å². The fourth-order valence-corrected chi connectivity index (χ4v) is 3.79. The fourth-order valence-electron chi connectivity index (χ4n) is 2.55. The molecule has 0 unspecified atom stereocenters. The van der Waals surface area contributed by atoms with Gasteiger partial charge in [0.1, 0.15) is 0 Å². The second-order valence-corrected chi connectivity index (χ2v) is 8.72. The number of carbonyl (C=O) groups excluding carboxylic acids is 2. The third kappa shape index (κ3) is 4.69. The van der Waals surface area contributed by atoms with Gasteiger partial charge in [0.25, 0.3) is 15.9 Å². The molecule has 1 N–H and O–H groups in total. The van der Waals surface area contributed by atoms with Crippen LogP contribution in [0.25, 0.3) is 0 Å². The first-order chi connectivity index (χ1) is 13.3. The quantitative estimate of drug-likeness (QED) is 0.717. The van der Waals surface area contributed by atoms with Crippen molar-refractivity contribution in [1.29, 1.82) is 0 Å². The Kier molecular flexibility index (Phi) is 5.69. The molecule has 0 saturated heterocycles. The number of rotatable bonds is 7. The second-order valence-electron chi connectivity index (χ2n) is 6.75. The number of carbonyl (C=O) groups is 2. The zero-order valence-electron chi connectivity index (χ0n) is 15.7. The van der Waals surface area contributed by atoms with Gasteiger partial charge in [-0.1, -0.05) is 23.8 Å². The molecule has 1 amide bonds. The zero-order chi connectivity index (χ0) is 20.3. The predicted octanol–water partition coefficient (Wildman–Crippen LogP) is 2.26. The van der Waals surface area contributed by atoms with Crippen LogP contribution < -0.4 is 9.62 Å². The molecular weight excluding hydrogens is 380 g/mol. The topological polar surface area (TPSA) is 92.8 Å². The lowest BCUT2D eigenvalue weighted by Crippen LogP contribution is -2.30. The van der Waals surface area contributed by atoms with Crippen molar-refractivity contribution in [2.75, 3.05) is 18.0 Å². The van der Waals surface area contributed by atoms with Gasteiger partial charge < -0.3 is 10.1 Å². The smallest absolute Gasteiger partial charge is 0.338 e. The summed E-state index contributed by atoms with van der Waals surface area (Å²) >= 11 is 0. The number of nitrogens with one attached hydrogen (secondary N) is 1. The molecule has 2 aromatic rings. The molecule has 3 rings (SSSR count). The van der Waals surface area contributed by atoms with Crippen LogP contribution in [-0.2, 0) is 19.6 Å². The highest BCUT2D eigenvalue weighted by Crippen LogP contribution is 2.23. The van der Waals surface area contributed by atoms with Gasteiger partial charge in [-0.05, 0) is 50.1 Å². The summed E-state index contributed by atoms with van der Waals surface area (Å²) in [5.41, 5.74) is 1.60. The van der Waals surface area contributed by atoms with Crippen LogP contribution in [0.3, 0.4) is 0 Å². The first-order valence-electron chi connectivity index (χ1n) is 8.89. The minimum Gasteiger partial charge on any atom is -0.452 e. The second kappa shape index (κ2) is 8.02. The molecule has 28 heavy (non-hydrogen) atoms. The molecule has 0 radical (unpaired) electrons. The molecule has 1 aliphatic rings. The van der Waals surface area contributed by atoms with Crippen LogP contribution in [0.15, 0.2) is 53.4 Å². The van der Waals surface area contributed by atoms with Gasteiger partial charge in [-0.3, -0.25) is 9.10 Å². The summed E-state index contributed by atoms with van der Waals surface area (Å²) in [6.07, 6.45) is 1.88. The predicted molar refractivity (Wildman–Crippen MR) is 105 cm³/mol. The van der Waals surface area contributed by atoms with Gasteiger partial charge in [0.15, 0.2) is 6.61 Å². The molecule has 1 fully saturated rings. The number of hydrogen-bond acceptors (Lipinski definition) is 5. The van der Waals surface area contributed by atoms with E-state index in [1.165, 1.54) is 31.3 Å². The lowest BCUT2D eigenvalue weighted by Gasteiger charge is -2.20. The highest BCUT2D eigenvalue weighted by molar-refractivity contribution is 7.92. The average molecular weight is 402 g/mol. The highest BCUT2D eigenvalue weighted by Gasteiger charge is 2.25. The Morgan fingerprint density at radius 1 is 1.14 bits per heavy atom. The standard InChI is InChI=1S/C20H22N2O5S/c1-14-6-10-17(11-7-14)22(2)28(25,26)18-5-3-4-15(12-18)20(24)27-13-19(23)21-16-8-9-16/h3-7,10-12,16H,8-9,13H2,1-2H3,(H,21,23). The molecule has 2 aromatic carbocycles. The summed E-state index contributed by atoms with van der Waals surface area (Å²) in [6.45, 7) is 1.52. The highest BCUT2D eigenvalue weighted by atomic mass is 32.2. The summed E-state index contributed by atoms with van der Waals surface area (Å²) < 4.78 is 31.9. The number of aryl methyl sites for hydroxylation is 1. The van der Waals surface area contributed by atoms with Gasteiger partial charge in [0.2, 0.25) is 0 Å². The number of sulfonamides is 1. The van der Waals surface area contributed by atoms with Gasteiger partial charge in [-0.25, -0.2) is 13.2 Å². The first kappa shape index (κ1) is 19.9. The van der Waals surface area contributed by atoms with E-state index in [2.05, 4.69) is 5.32 Å². The van der Waals surface area contributed by atoms with Crippen molar-refractivity contribution in [3.05, 3.63) is 59.7 Å². The maximum Gasteiger partial charge on any atom is 0.338 e. The molecule has 7 nitrogen and oxygen atoms in total. The molecule has 1 saturated carbocycles. The number of ether oxygens (including phenoxy) is 1. The van der Waals surface area contributed by atoms with Crippen molar-refractivity contribution in [3.63, 3.8) is 0 Å². The molecule has 0 spiro atoms. The largest absolute Gasteiger partial charge is 0.452 e. The molecule has 0 aromatic heterocycles. The summed E-state index contributed by atoms with van der Waals surface area (Å²) in [7, 11) is -2.40. The van der Waals surface area contributed by atoms with Crippen molar-refractivity contribution >= 4 is 27.6 Å². The Labute approximate surface area is 164 Å². The zero-order valence-corrected chi connectivity index (χ0v) is 16.5. The fraction of sp³-hybridized carbons (Fsp3) is 0.300. The number of anilines is 1. The molecular formula is C20H22N2O5S. The van der Waals surface area contributed by atoms with E-state index in [-0.39, 0.29) is 22.4 Å². The van der Waals surface area contributed by atoms with Crippen molar-refractivity contribution in [2.24, 2.45) is 0 Å². The third-order valence-electron chi connectivity index (χ3n) is 4.40. The lowest BCUT2D eigenvalue weighted by atomic mass is 10.2. The van der Waals surface area contributed by atoms with Crippen molar-refractivity contribution < 1.29 is 22.7 Å². The van der Waals surface area contributed by atoms with E-state index in [1.807, 2.05) is 19.1 Å². The van der Waals surface area contributed by atoms with E-state index < -0.39 is 22.6 Å².